The summed E-state index contributed by atoms with van der Waals surface area (Å²) >= 11 is 0. The summed E-state index contributed by atoms with van der Waals surface area (Å²) in [4.78, 5) is 0. The van der Waals surface area contributed by atoms with E-state index in [1.165, 1.54) is 0 Å². The van der Waals surface area contributed by atoms with Crippen LogP contribution in [0.4, 0.5) is 11.4 Å². The lowest BCUT2D eigenvalue weighted by Gasteiger charge is -2.09. The third-order valence-corrected chi connectivity index (χ3v) is 2.34. The van der Waals surface area contributed by atoms with Crippen molar-refractivity contribution in [2.45, 2.75) is 0 Å². The predicted octanol–water partition coefficient (Wildman–Crippen LogP) is 2.31. The zero-order valence-corrected chi connectivity index (χ0v) is 10.0. The zero-order chi connectivity index (χ0) is 12.8. The monoisotopic (exact) mass is 244 g/mol. The van der Waals surface area contributed by atoms with Crippen LogP contribution in [0.25, 0.3) is 0 Å². The highest BCUT2D eigenvalue weighted by Gasteiger charge is 1.96. The van der Waals surface area contributed by atoms with Gasteiger partial charge < -0.3 is 20.9 Å². The lowest BCUT2D eigenvalue weighted by Crippen LogP contribution is -2.09. The average Bonchev–Trinajstić information content (AvgIpc) is 2.35. The summed E-state index contributed by atoms with van der Waals surface area (Å²) in [6, 6.07) is 14.6. The summed E-state index contributed by atoms with van der Waals surface area (Å²) in [5.74, 6) is 1.48. The lowest BCUT2D eigenvalue weighted by atomic mass is 10.3. The molecular formula is C14H16N2O2. The lowest BCUT2D eigenvalue weighted by molar-refractivity contribution is 0.217. The van der Waals surface area contributed by atoms with Crippen LogP contribution in [0.2, 0.25) is 0 Å². The van der Waals surface area contributed by atoms with Crippen LogP contribution in [0.5, 0.6) is 11.5 Å². The highest BCUT2D eigenvalue weighted by atomic mass is 16.5. The largest absolute Gasteiger partial charge is 0.490 e. The molecule has 18 heavy (non-hydrogen) atoms. The maximum Gasteiger partial charge on any atom is 0.122 e. The van der Waals surface area contributed by atoms with Gasteiger partial charge in [-0.3, -0.25) is 0 Å². The van der Waals surface area contributed by atoms with Crippen LogP contribution in [0.15, 0.2) is 48.5 Å². The van der Waals surface area contributed by atoms with Crippen LogP contribution in [0, 0.1) is 0 Å². The molecule has 0 amide bonds. The molecule has 0 bridgehead atoms. The van der Waals surface area contributed by atoms with Gasteiger partial charge in [-0.05, 0) is 24.3 Å². The van der Waals surface area contributed by atoms with Crippen molar-refractivity contribution in [3.05, 3.63) is 48.5 Å². The van der Waals surface area contributed by atoms with Crippen LogP contribution >= 0.6 is 0 Å². The van der Waals surface area contributed by atoms with E-state index in [0.29, 0.717) is 24.6 Å². The number of hydrogen-bond acceptors (Lipinski definition) is 4. The second kappa shape index (κ2) is 5.82. The second-order valence-corrected chi connectivity index (χ2v) is 3.84. The van der Waals surface area contributed by atoms with Crippen LogP contribution in [-0.4, -0.2) is 13.2 Å². The summed E-state index contributed by atoms with van der Waals surface area (Å²) in [6.07, 6.45) is 0. The van der Waals surface area contributed by atoms with Crippen molar-refractivity contribution in [3.63, 3.8) is 0 Å². The number of rotatable bonds is 5. The van der Waals surface area contributed by atoms with Crippen molar-refractivity contribution in [2.75, 3.05) is 24.7 Å². The Labute approximate surface area is 106 Å². The molecule has 0 atom stereocenters. The van der Waals surface area contributed by atoms with E-state index in [4.69, 9.17) is 20.9 Å². The maximum atomic E-state index is 5.65. The summed E-state index contributed by atoms with van der Waals surface area (Å²) in [6.45, 7) is 0.913. The Bertz CT molecular complexity index is 467. The Morgan fingerprint density at radius 2 is 1.17 bits per heavy atom. The predicted molar refractivity (Wildman–Crippen MR) is 72.7 cm³/mol. The van der Waals surface area contributed by atoms with Crippen molar-refractivity contribution in [2.24, 2.45) is 0 Å². The summed E-state index contributed by atoms with van der Waals surface area (Å²) in [7, 11) is 0. The highest BCUT2D eigenvalue weighted by molar-refractivity contribution is 5.44. The molecule has 2 rings (SSSR count). The average molecular weight is 244 g/mol. The fourth-order valence-electron chi connectivity index (χ4n) is 1.53. The molecule has 0 spiro atoms. The number of benzene rings is 2. The molecule has 2 aromatic carbocycles. The van der Waals surface area contributed by atoms with E-state index < -0.39 is 0 Å². The first kappa shape index (κ1) is 12.1. The Balaban J connectivity index is 1.76. The normalized spacial score (nSPS) is 10.0. The summed E-state index contributed by atoms with van der Waals surface area (Å²) < 4.78 is 11.0. The maximum absolute atomic E-state index is 5.65. The Hall–Kier alpha value is -2.36. The minimum atomic E-state index is 0.457. The van der Waals surface area contributed by atoms with Crippen LogP contribution in [0.3, 0.4) is 0 Å². The van der Waals surface area contributed by atoms with Crippen molar-refractivity contribution in [3.8, 4) is 11.5 Å². The molecule has 4 heteroatoms. The molecule has 0 radical (unpaired) electrons. The molecule has 0 aliphatic heterocycles. The van der Waals surface area contributed by atoms with E-state index in [9.17, 15) is 0 Å². The van der Waals surface area contributed by atoms with Gasteiger partial charge in [0.2, 0.25) is 0 Å². The number of ether oxygens (including phenoxy) is 2. The van der Waals surface area contributed by atoms with E-state index in [2.05, 4.69) is 0 Å². The van der Waals surface area contributed by atoms with Gasteiger partial charge >= 0.3 is 0 Å². The molecule has 94 valence electrons. The molecule has 2 aromatic rings. The number of anilines is 2. The van der Waals surface area contributed by atoms with Gasteiger partial charge in [0.25, 0.3) is 0 Å². The number of nitrogens with two attached hydrogens (primary N) is 2. The molecule has 0 unspecified atom stereocenters. The standard InChI is InChI=1S/C14H16N2O2/c15-11-3-1-5-13(9-11)17-7-8-18-14-6-2-4-12(16)10-14/h1-6,9-10H,7-8,15-16H2. The van der Waals surface area contributed by atoms with Gasteiger partial charge in [-0.15, -0.1) is 0 Å². The Morgan fingerprint density at radius 1 is 0.722 bits per heavy atom. The fourth-order valence-corrected chi connectivity index (χ4v) is 1.53. The minimum absolute atomic E-state index is 0.457. The molecule has 4 N–H and O–H groups in total. The second-order valence-electron chi connectivity index (χ2n) is 3.84. The van der Waals surface area contributed by atoms with Crippen molar-refractivity contribution >= 4 is 11.4 Å². The quantitative estimate of drug-likeness (QED) is 0.625. The summed E-state index contributed by atoms with van der Waals surface area (Å²) in [5.41, 5.74) is 12.7. The third kappa shape index (κ3) is 3.59. The van der Waals surface area contributed by atoms with E-state index >= 15 is 0 Å². The van der Waals surface area contributed by atoms with E-state index in [1.807, 2.05) is 36.4 Å². The van der Waals surface area contributed by atoms with Crippen LogP contribution in [0.1, 0.15) is 0 Å². The van der Waals surface area contributed by atoms with Gasteiger partial charge in [-0.1, -0.05) is 12.1 Å². The molecule has 0 aliphatic carbocycles. The van der Waals surface area contributed by atoms with Gasteiger partial charge in [0.05, 0.1) is 0 Å². The Morgan fingerprint density at radius 3 is 1.56 bits per heavy atom. The number of hydrogen-bond donors (Lipinski definition) is 2. The highest BCUT2D eigenvalue weighted by Crippen LogP contribution is 2.16. The van der Waals surface area contributed by atoms with E-state index in [0.717, 1.165) is 11.5 Å². The SMILES string of the molecule is Nc1cccc(OCCOc2cccc(N)c2)c1. The van der Waals surface area contributed by atoms with Gasteiger partial charge in [0, 0.05) is 23.5 Å². The fraction of sp³-hybridized carbons (Fsp3) is 0.143. The van der Waals surface area contributed by atoms with Gasteiger partial charge in [0.15, 0.2) is 0 Å². The Kier molecular flexibility index (Phi) is 3.91. The van der Waals surface area contributed by atoms with Crippen molar-refractivity contribution in [1.29, 1.82) is 0 Å². The first-order valence-corrected chi connectivity index (χ1v) is 5.71. The first-order valence-electron chi connectivity index (χ1n) is 5.71. The molecule has 0 fully saturated rings. The topological polar surface area (TPSA) is 70.5 Å². The van der Waals surface area contributed by atoms with Crippen LogP contribution in [-0.2, 0) is 0 Å². The molecular weight excluding hydrogens is 228 g/mol. The van der Waals surface area contributed by atoms with Crippen molar-refractivity contribution in [1.82, 2.24) is 0 Å². The van der Waals surface area contributed by atoms with Crippen molar-refractivity contribution < 1.29 is 9.47 Å². The molecule has 0 saturated carbocycles. The van der Waals surface area contributed by atoms with Gasteiger partial charge in [0.1, 0.15) is 24.7 Å². The minimum Gasteiger partial charge on any atom is -0.490 e. The third-order valence-electron chi connectivity index (χ3n) is 2.34. The zero-order valence-electron chi connectivity index (χ0n) is 10.0. The van der Waals surface area contributed by atoms with Gasteiger partial charge in [-0.25, -0.2) is 0 Å². The summed E-state index contributed by atoms with van der Waals surface area (Å²) in [5, 5.41) is 0. The van der Waals surface area contributed by atoms with Crippen LogP contribution < -0.4 is 20.9 Å². The van der Waals surface area contributed by atoms with E-state index in [1.54, 1.807) is 12.1 Å². The molecule has 0 heterocycles. The molecule has 0 aromatic heterocycles. The molecule has 4 nitrogen and oxygen atoms in total. The number of nitrogen functional groups attached to an aromatic ring is 2. The smallest absolute Gasteiger partial charge is 0.122 e. The first-order chi connectivity index (χ1) is 8.74. The molecule has 0 saturated heterocycles. The molecule has 0 aliphatic rings. The van der Waals surface area contributed by atoms with E-state index in [-0.39, 0.29) is 0 Å². The van der Waals surface area contributed by atoms with Gasteiger partial charge in [-0.2, -0.15) is 0 Å².